The van der Waals surface area contributed by atoms with Crippen LogP contribution in [0, 0.1) is 12.8 Å². The molecule has 0 spiro atoms. The van der Waals surface area contributed by atoms with Crippen LogP contribution in [0.25, 0.3) is 0 Å². The van der Waals surface area contributed by atoms with E-state index in [1.165, 1.54) is 42.2 Å². The van der Waals surface area contributed by atoms with E-state index in [0.29, 0.717) is 6.04 Å². The van der Waals surface area contributed by atoms with Crippen LogP contribution in [0.4, 0.5) is 0 Å². The van der Waals surface area contributed by atoms with Gasteiger partial charge in [0.05, 0.1) is 10.7 Å². The Kier molecular flexibility index (Phi) is 6.22. The van der Waals surface area contributed by atoms with Crippen molar-refractivity contribution in [1.82, 2.24) is 15.2 Å². The molecule has 0 aromatic carbocycles. The fourth-order valence-corrected chi connectivity index (χ4v) is 4.55. The van der Waals surface area contributed by atoms with Gasteiger partial charge in [0.15, 0.2) is 0 Å². The van der Waals surface area contributed by atoms with Crippen molar-refractivity contribution in [2.24, 2.45) is 5.92 Å². The number of rotatable bonds is 7. The third-order valence-electron chi connectivity index (χ3n) is 4.64. The minimum absolute atomic E-state index is 0.570. The molecule has 1 fully saturated rings. The number of nitrogens with zero attached hydrogens (tertiary/aromatic N) is 2. The second kappa shape index (κ2) is 8.38. The molecule has 3 nitrogen and oxygen atoms in total. The van der Waals surface area contributed by atoms with Crippen molar-refractivity contribution in [2.45, 2.75) is 45.7 Å². The minimum atomic E-state index is 0.570. The van der Waals surface area contributed by atoms with Gasteiger partial charge in [0.25, 0.3) is 0 Å². The van der Waals surface area contributed by atoms with Gasteiger partial charge in [-0.1, -0.05) is 0 Å². The first-order valence-electron chi connectivity index (χ1n) is 8.57. The maximum absolute atomic E-state index is 4.58. The molecule has 126 valence electrons. The summed E-state index contributed by atoms with van der Waals surface area (Å²) in [5, 5.41) is 11.5. The van der Waals surface area contributed by atoms with Gasteiger partial charge in [-0.3, -0.25) is 4.90 Å². The van der Waals surface area contributed by atoms with E-state index in [1.807, 2.05) is 0 Å². The zero-order valence-corrected chi connectivity index (χ0v) is 15.8. The van der Waals surface area contributed by atoms with Crippen molar-refractivity contribution in [2.75, 3.05) is 19.6 Å². The topological polar surface area (TPSA) is 28.2 Å². The SMILES string of the molecule is Cc1nc(CN2CCC(CN[C@H](C)Cc3ccsc3)CC2)cs1. The highest BCUT2D eigenvalue weighted by Crippen LogP contribution is 2.19. The summed E-state index contributed by atoms with van der Waals surface area (Å²) < 4.78 is 0. The van der Waals surface area contributed by atoms with Crippen molar-refractivity contribution < 1.29 is 0 Å². The Morgan fingerprint density at radius 2 is 2.17 bits per heavy atom. The highest BCUT2D eigenvalue weighted by molar-refractivity contribution is 7.09. The first kappa shape index (κ1) is 17.1. The van der Waals surface area contributed by atoms with E-state index in [4.69, 9.17) is 0 Å². The van der Waals surface area contributed by atoms with Gasteiger partial charge in [-0.05, 0) is 81.1 Å². The lowest BCUT2D eigenvalue weighted by Crippen LogP contribution is -2.39. The van der Waals surface area contributed by atoms with Crippen molar-refractivity contribution in [3.8, 4) is 0 Å². The van der Waals surface area contributed by atoms with Gasteiger partial charge in [0.1, 0.15) is 0 Å². The average molecular weight is 350 g/mol. The van der Waals surface area contributed by atoms with E-state index in [1.54, 1.807) is 22.7 Å². The van der Waals surface area contributed by atoms with Crippen LogP contribution >= 0.6 is 22.7 Å². The first-order chi connectivity index (χ1) is 11.2. The van der Waals surface area contributed by atoms with Crippen molar-refractivity contribution in [1.29, 1.82) is 0 Å². The Morgan fingerprint density at radius 1 is 1.35 bits per heavy atom. The molecule has 0 unspecified atom stereocenters. The Balaban J connectivity index is 1.34. The number of nitrogens with one attached hydrogen (secondary N) is 1. The van der Waals surface area contributed by atoms with E-state index in [9.17, 15) is 0 Å². The lowest BCUT2D eigenvalue weighted by Gasteiger charge is -2.32. The molecular formula is C18H27N3S2. The molecule has 3 rings (SSSR count). The summed E-state index contributed by atoms with van der Waals surface area (Å²) in [6.45, 7) is 9.00. The second-order valence-corrected chi connectivity index (χ2v) is 8.56. The van der Waals surface area contributed by atoms with Gasteiger partial charge >= 0.3 is 0 Å². The number of likely N-dealkylation sites (tertiary alicyclic amines) is 1. The first-order valence-corrected chi connectivity index (χ1v) is 10.4. The van der Waals surface area contributed by atoms with Crippen molar-refractivity contribution >= 4 is 22.7 Å². The summed E-state index contributed by atoms with van der Waals surface area (Å²) >= 11 is 3.55. The largest absolute Gasteiger partial charge is 0.314 e. The van der Waals surface area contributed by atoms with Crippen LogP contribution in [0.1, 0.15) is 36.0 Å². The molecular weight excluding hydrogens is 322 g/mol. The molecule has 3 heterocycles. The molecule has 5 heteroatoms. The van der Waals surface area contributed by atoms with Crippen molar-refractivity contribution in [3.63, 3.8) is 0 Å². The number of hydrogen-bond acceptors (Lipinski definition) is 5. The highest BCUT2D eigenvalue weighted by atomic mass is 32.1. The molecule has 23 heavy (non-hydrogen) atoms. The quantitative estimate of drug-likeness (QED) is 0.820. The molecule has 1 N–H and O–H groups in total. The van der Waals surface area contributed by atoms with E-state index < -0.39 is 0 Å². The smallest absolute Gasteiger partial charge is 0.0897 e. The Labute approximate surface area is 147 Å². The maximum Gasteiger partial charge on any atom is 0.0897 e. The van der Waals surface area contributed by atoms with E-state index >= 15 is 0 Å². The zero-order chi connectivity index (χ0) is 16.1. The number of aryl methyl sites for hydroxylation is 1. The lowest BCUT2D eigenvalue weighted by atomic mass is 9.96. The second-order valence-electron chi connectivity index (χ2n) is 6.72. The summed E-state index contributed by atoms with van der Waals surface area (Å²) in [4.78, 5) is 7.14. The van der Waals surface area contributed by atoms with Crippen LogP contribution in [-0.4, -0.2) is 35.6 Å². The van der Waals surface area contributed by atoms with Crippen LogP contribution in [0.5, 0.6) is 0 Å². The van der Waals surface area contributed by atoms with Crippen LogP contribution in [-0.2, 0) is 13.0 Å². The van der Waals surface area contributed by atoms with Gasteiger partial charge in [0, 0.05) is 18.0 Å². The number of thiophene rings is 1. The van der Waals surface area contributed by atoms with Crippen molar-refractivity contribution in [3.05, 3.63) is 38.5 Å². The Hall–Kier alpha value is -0.750. The normalized spacial score (nSPS) is 18.3. The number of hydrogen-bond donors (Lipinski definition) is 1. The molecule has 0 saturated carbocycles. The molecule has 2 aromatic heterocycles. The van der Waals surface area contributed by atoms with Crippen LogP contribution in [0.3, 0.4) is 0 Å². The molecule has 1 aliphatic rings. The highest BCUT2D eigenvalue weighted by Gasteiger charge is 2.20. The molecule has 1 atom stereocenters. The molecule has 2 aromatic rings. The predicted octanol–water partition coefficient (Wildman–Crippen LogP) is 3.95. The summed E-state index contributed by atoms with van der Waals surface area (Å²) in [6, 6.07) is 2.81. The van der Waals surface area contributed by atoms with Gasteiger partial charge < -0.3 is 5.32 Å². The molecule has 0 amide bonds. The number of piperidine rings is 1. The molecule has 0 radical (unpaired) electrons. The fourth-order valence-electron chi connectivity index (χ4n) is 3.26. The van der Waals surface area contributed by atoms with Crippen LogP contribution in [0.2, 0.25) is 0 Å². The van der Waals surface area contributed by atoms with E-state index in [2.05, 4.69) is 51.3 Å². The van der Waals surface area contributed by atoms with Crippen LogP contribution < -0.4 is 5.32 Å². The lowest BCUT2D eigenvalue weighted by molar-refractivity contribution is 0.172. The summed E-state index contributed by atoms with van der Waals surface area (Å²) in [6.07, 6.45) is 3.76. The maximum atomic E-state index is 4.58. The summed E-state index contributed by atoms with van der Waals surface area (Å²) in [5.41, 5.74) is 2.71. The zero-order valence-electron chi connectivity index (χ0n) is 14.1. The van der Waals surface area contributed by atoms with Gasteiger partial charge in [0.2, 0.25) is 0 Å². The molecule has 1 aliphatic heterocycles. The molecule has 0 bridgehead atoms. The average Bonchev–Trinajstić information content (AvgIpc) is 3.18. The summed E-state index contributed by atoms with van der Waals surface area (Å²) in [5.74, 6) is 0.827. The number of thiazole rings is 1. The van der Waals surface area contributed by atoms with E-state index in [0.717, 1.165) is 25.4 Å². The third kappa shape index (κ3) is 5.38. The Bertz CT molecular complexity index is 571. The monoisotopic (exact) mass is 349 g/mol. The standard InChI is InChI=1S/C18H27N3S2/c1-14(9-17-5-8-22-12-17)19-10-16-3-6-21(7-4-16)11-18-13-23-15(2)20-18/h5,8,12-14,16,19H,3-4,6-7,9-11H2,1-2H3/t14-/m1/s1. The summed E-state index contributed by atoms with van der Waals surface area (Å²) in [7, 11) is 0. The van der Waals surface area contributed by atoms with Gasteiger partial charge in [-0.2, -0.15) is 11.3 Å². The molecule has 0 aliphatic carbocycles. The third-order valence-corrected chi connectivity index (χ3v) is 6.19. The van der Waals surface area contributed by atoms with E-state index in [-0.39, 0.29) is 0 Å². The predicted molar refractivity (Wildman–Crippen MR) is 100 cm³/mol. The van der Waals surface area contributed by atoms with Gasteiger partial charge in [-0.25, -0.2) is 4.98 Å². The number of aromatic nitrogens is 1. The van der Waals surface area contributed by atoms with Gasteiger partial charge in [-0.15, -0.1) is 11.3 Å². The fraction of sp³-hybridized carbons (Fsp3) is 0.611. The Morgan fingerprint density at radius 3 is 2.83 bits per heavy atom. The molecule has 1 saturated heterocycles. The minimum Gasteiger partial charge on any atom is -0.314 e. The van der Waals surface area contributed by atoms with Crippen LogP contribution in [0.15, 0.2) is 22.2 Å².